The second-order valence-corrected chi connectivity index (χ2v) is 6.54. The SMILES string of the molecule is CC(=NO)c1cc(C2CCCCC2)ccc1OCC(O)CBr. The molecule has 2 rings (SSSR count). The van der Waals surface area contributed by atoms with Crippen molar-refractivity contribution in [2.75, 3.05) is 11.9 Å². The molecule has 2 N–H and O–H groups in total. The number of hydrogen-bond donors (Lipinski definition) is 2. The molecular weight excluding hydrogens is 346 g/mol. The predicted molar refractivity (Wildman–Crippen MR) is 91.6 cm³/mol. The van der Waals surface area contributed by atoms with Gasteiger partial charge in [-0.05, 0) is 43.4 Å². The highest BCUT2D eigenvalue weighted by molar-refractivity contribution is 9.09. The molecular formula is C17H24BrNO3. The Balaban J connectivity index is 2.22. The number of nitrogens with zero attached hydrogens (tertiary/aromatic N) is 1. The first kappa shape index (κ1) is 17.3. The highest BCUT2D eigenvalue weighted by Crippen LogP contribution is 2.34. The molecule has 1 aliphatic carbocycles. The molecule has 4 nitrogen and oxygen atoms in total. The fourth-order valence-electron chi connectivity index (χ4n) is 2.93. The molecule has 1 atom stereocenters. The Morgan fingerprint density at radius 1 is 1.36 bits per heavy atom. The minimum Gasteiger partial charge on any atom is -0.490 e. The number of alkyl halides is 1. The van der Waals surface area contributed by atoms with Crippen LogP contribution in [0.4, 0.5) is 0 Å². The number of oxime groups is 1. The maximum Gasteiger partial charge on any atom is 0.128 e. The fourth-order valence-corrected chi connectivity index (χ4v) is 3.12. The van der Waals surface area contributed by atoms with Crippen molar-refractivity contribution in [3.8, 4) is 5.75 Å². The fraction of sp³-hybridized carbons (Fsp3) is 0.588. The average molecular weight is 370 g/mol. The second-order valence-electron chi connectivity index (χ2n) is 5.90. The molecule has 22 heavy (non-hydrogen) atoms. The third-order valence-corrected chi connectivity index (χ3v) is 4.98. The zero-order valence-electron chi connectivity index (χ0n) is 13.0. The Morgan fingerprint density at radius 3 is 2.73 bits per heavy atom. The number of rotatable bonds is 6. The number of benzene rings is 1. The van der Waals surface area contributed by atoms with Crippen LogP contribution >= 0.6 is 15.9 Å². The maximum atomic E-state index is 9.61. The first-order chi connectivity index (χ1) is 10.7. The highest BCUT2D eigenvalue weighted by Gasteiger charge is 2.18. The Bertz CT molecular complexity index is 513. The van der Waals surface area contributed by atoms with E-state index in [0.717, 1.165) is 5.56 Å². The molecule has 0 radical (unpaired) electrons. The Kier molecular flexibility index (Phi) is 6.70. The first-order valence-corrected chi connectivity index (χ1v) is 8.97. The van der Waals surface area contributed by atoms with Crippen molar-refractivity contribution >= 4 is 21.6 Å². The van der Waals surface area contributed by atoms with Crippen LogP contribution < -0.4 is 4.74 Å². The van der Waals surface area contributed by atoms with Gasteiger partial charge in [-0.15, -0.1) is 0 Å². The van der Waals surface area contributed by atoms with E-state index >= 15 is 0 Å². The lowest BCUT2D eigenvalue weighted by Gasteiger charge is -2.23. The van der Waals surface area contributed by atoms with E-state index in [-0.39, 0.29) is 6.61 Å². The third-order valence-electron chi connectivity index (χ3n) is 4.23. The molecule has 1 fully saturated rings. The monoisotopic (exact) mass is 369 g/mol. The van der Waals surface area contributed by atoms with Crippen molar-refractivity contribution < 1.29 is 15.1 Å². The number of aliphatic hydroxyl groups is 1. The van der Waals surface area contributed by atoms with Crippen LogP contribution in [-0.2, 0) is 0 Å². The lowest BCUT2D eigenvalue weighted by Crippen LogP contribution is -2.19. The summed E-state index contributed by atoms with van der Waals surface area (Å²) in [5.74, 6) is 1.23. The summed E-state index contributed by atoms with van der Waals surface area (Å²) in [6.07, 6.45) is 5.77. The van der Waals surface area contributed by atoms with Crippen molar-refractivity contribution in [3.63, 3.8) is 0 Å². The largest absolute Gasteiger partial charge is 0.490 e. The van der Waals surface area contributed by atoms with Crippen molar-refractivity contribution in [1.29, 1.82) is 0 Å². The molecule has 1 saturated carbocycles. The summed E-state index contributed by atoms with van der Waals surface area (Å²) in [7, 11) is 0. The van der Waals surface area contributed by atoms with E-state index in [1.54, 1.807) is 6.92 Å². The normalized spacial score (nSPS) is 18.2. The topological polar surface area (TPSA) is 62.1 Å². The van der Waals surface area contributed by atoms with Crippen molar-refractivity contribution in [3.05, 3.63) is 29.3 Å². The molecule has 1 aliphatic rings. The van der Waals surface area contributed by atoms with E-state index in [0.29, 0.717) is 22.7 Å². The molecule has 1 aromatic carbocycles. The van der Waals surface area contributed by atoms with Crippen LogP contribution in [0.3, 0.4) is 0 Å². The quantitative estimate of drug-likeness (QED) is 0.344. The van der Waals surface area contributed by atoms with E-state index < -0.39 is 6.10 Å². The van der Waals surface area contributed by atoms with Gasteiger partial charge in [0.2, 0.25) is 0 Å². The van der Waals surface area contributed by atoms with Gasteiger partial charge < -0.3 is 15.1 Å². The zero-order valence-corrected chi connectivity index (χ0v) is 14.6. The highest BCUT2D eigenvalue weighted by atomic mass is 79.9. The molecule has 1 aromatic rings. The van der Waals surface area contributed by atoms with Crippen molar-refractivity contribution in [2.45, 2.75) is 51.0 Å². The van der Waals surface area contributed by atoms with Gasteiger partial charge in [0, 0.05) is 10.9 Å². The number of ether oxygens (including phenoxy) is 1. The lowest BCUT2D eigenvalue weighted by molar-refractivity contribution is 0.127. The van der Waals surface area contributed by atoms with Crippen LogP contribution in [0, 0.1) is 0 Å². The van der Waals surface area contributed by atoms with Crippen LogP contribution in [0.15, 0.2) is 23.4 Å². The smallest absolute Gasteiger partial charge is 0.128 e. The molecule has 0 bridgehead atoms. The van der Waals surface area contributed by atoms with Crippen LogP contribution in [0.5, 0.6) is 5.75 Å². The molecule has 1 unspecified atom stereocenters. The molecule has 0 amide bonds. The summed E-state index contributed by atoms with van der Waals surface area (Å²) >= 11 is 3.22. The minimum atomic E-state index is -0.558. The standard InChI is InChI=1S/C17H24BrNO3/c1-12(19-21)16-9-14(13-5-3-2-4-6-13)7-8-17(16)22-11-15(20)10-18/h7-9,13,15,20-21H,2-6,10-11H2,1H3. The number of halogens is 1. The van der Waals surface area contributed by atoms with Crippen molar-refractivity contribution in [2.24, 2.45) is 5.16 Å². The van der Waals surface area contributed by atoms with Gasteiger partial charge in [-0.1, -0.05) is 46.4 Å². The Morgan fingerprint density at radius 2 is 2.09 bits per heavy atom. The van der Waals surface area contributed by atoms with E-state index in [1.165, 1.54) is 37.7 Å². The van der Waals surface area contributed by atoms with Crippen LogP contribution in [-0.4, -0.2) is 34.1 Å². The summed E-state index contributed by atoms with van der Waals surface area (Å²) < 4.78 is 5.68. The zero-order chi connectivity index (χ0) is 15.9. The molecule has 0 heterocycles. The van der Waals surface area contributed by atoms with Gasteiger partial charge in [0.25, 0.3) is 0 Å². The summed E-state index contributed by atoms with van der Waals surface area (Å²) in [6, 6.07) is 6.09. The third kappa shape index (κ3) is 4.46. The van der Waals surface area contributed by atoms with E-state index in [2.05, 4.69) is 33.2 Å². The molecule has 5 heteroatoms. The van der Waals surface area contributed by atoms with Crippen molar-refractivity contribution in [1.82, 2.24) is 0 Å². The number of aliphatic hydroxyl groups excluding tert-OH is 1. The van der Waals surface area contributed by atoms with E-state index in [4.69, 9.17) is 9.94 Å². The predicted octanol–water partition coefficient (Wildman–Crippen LogP) is 4.07. The summed E-state index contributed by atoms with van der Waals surface area (Å²) in [5.41, 5.74) is 2.61. The molecule has 122 valence electrons. The average Bonchev–Trinajstić information content (AvgIpc) is 2.59. The van der Waals surface area contributed by atoms with Crippen LogP contribution in [0.25, 0.3) is 0 Å². The Hall–Kier alpha value is -1.07. The summed E-state index contributed by atoms with van der Waals surface area (Å²) in [6.45, 7) is 1.97. The Labute approximate surface area is 140 Å². The maximum absolute atomic E-state index is 9.61. The van der Waals surface area contributed by atoms with Gasteiger partial charge in [-0.3, -0.25) is 0 Å². The molecule has 0 aromatic heterocycles. The van der Waals surface area contributed by atoms with Crippen LogP contribution in [0.2, 0.25) is 0 Å². The van der Waals surface area contributed by atoms with Gasteiger partial charge in [0.1, 0.15) is 12.4 Å². The van der Waals surface area contributed by atoms with Gasteiger partial charge in [0.05, 0.1) is 11.8 Å². The first-order valence-electron chi connectivity index (χ1n) is 7.85. The van der Waals surface area contributed by atoms with Gasteiger partial charge >= 0.3 is 0 Å². The molecule has 0 spiro atoms. The number of hydrogen-bond acceptors (Lipinski definition) is 4. The second kappa shape index (κ2) is 8.53. The van der Waals surface area contributed by atoms with E-state index in [9.17, 15) is 5.11 Å². The minimum absolute atomic E-state index is 0.208. The molecule has 0 aliphatic heterocycles. The summed E-state index contributed by atoms with van der Waals surface area (Å²) in [4.78, 5) is 0. The van der Waals surface area contributed by atoms with Gasteiger partial charge in [-0.25, -0.2) is 0 Å². The lowest BCUT2D eigenvalue weighted by atomic mass is 9.83. The van der Waals surface area contributed by atoms with E-state index in [1.807, 2.05) is 6.07 Å². The van der Waals surface area contributed by atoms with Gasteiger partial charge in [0.15, 0.2) is 0 Å². The van der Waals surface area contributed by atoms with Gasteiger partial charge in [-0.2, -0.15) is 0 Å². The summed E-state index contributed by atoms with van der Waals surface area (Å²) in [5, 5.41) is 22.5. The molecule has 0 saturated heterocycles. The van der Waals surface area contributed by atoms with Crippen LogP contribution in [0.1, 0.15) is 56.1 Å².